The van der Waals surface area contributed by atoms with Crippen LogP contribution in [0.3, 0.4) is 0 Å². The molecule has 0 saturated heterocycles. The average Bonchev–Trinajstić information content (AvgIpc) is 2.77. The molecule has 1 heterocycles. The first-order valence-electron chi connectivity index (χ1n) is 10.0. The summed E-state index contributed by atoms with van der Waals surface area (Å²) in [7, 11) is 0. The zero-order valence-corrected chi connectivity index (χ0v) is 17.8. The van der Waals surface area contributed by atoms with Gasteiger partial charge in [-0.15, -0.1) is 0 Å². The molecular formula is C22H19F5N4O3. The third kappa shape index (κ3) is 6.36. The van der Waals surface area contributed by atoms with Crippen molar-refractivity contribution in [3.8, 4) is 0 Å². The molecule has 3 amide bonds. The maximum atomic E-state index is 14.3. The summed E-state index contributed by atoms with van der Waals surface area (Å²) >= 11 is 0. The monoisotopic (exact) mass is 482 g/mol. The highest BCUT2D eigenvalue weighted by atomic mass is 19.4. The minimum Gasteiger partial charge on any atom is -0.343 e. The van der Waals surface area contributed by atoms with Gasteiger partial charge in [-0.3, -0.25) is 14.4 Å². The van der Waals surface area contributed by atoms with E-state index in [9.17, 15) is 36.3 Å². The first-order chi connectivity index (χ1) is 15.9. The molecule has 0 radical (unpaired) electrons. The molecule has 0 saturated carbocycles. The molecule has 1 aliphatic rings. The number of anilines is 1. The van der Waals surface area contributed by atoms with E-state index in [0.29, 0.717) is 5.56 Å². The van der Waals surface area contributed by atoms with Crippen molar-refractivity contribution < 1.29 is 36.3 Å². The van der Waals surface area contributed by atoms with Crippen molar-refractivity contribution in [2.45, 2.75) is 32.5 Å². The Labute approximate surface area is 190 Å². The highest BCUT2D eigenvalue weighted by Crippen LogP contribution is 2.22. The maximum absolute atomic E-state index is 14.3. The fraction of sp³-hybridized carbons (Fsp3) is 0.273. The Kier molecular flexibility index (Phi) is 7.28. The third-order valence-corrected chi connectivity index (χ3v) is 4.92. The molecule has 0 atom stereocenters. The van der Waals surface area contributed by atoms with E-state index in [1.54, 1.807) is 5.32 Å². The summed E-state index contributed by atoms with van der Waals surface area (Å²) in [5.41, 5.74) is -0.0614. The van der Waals surface area contributed by atoms with E-state index in [1.165, 1.54) is 31.2 Å². The number of nitrogens with zero attached hydrogens (tertiary/aromatic N) is 2. The third-order valence-electron chi connectivity index (χ3n) is 4.92. The van der Waals surface area contributed by atoms with Gasteiger partial charge in [0, 0.05) is 29.7 Å². The highest BCUT2D eigenvalue weighted by Gasteiger charge is 2.29. The molecule has 2 N–H and O–H groups in total. The Hall–Kier alpha value is -3.83. The Morgan fingerprint density at radius 3 is 2.38 bits per heavy atom. The zero-order valence-electron chi connectivity index (χ0n) is 17.8. The number of hydrazone groups is 1. The lowest BCUT2D eigenvalue weighted by atomic mass is 10.1. The molecule has 2 aromatic carbocycles. The minimum atomic E-state index is -4.65. The zero-order chi connectivity index (χ0) is 25.0. The van der Waals surface area contributed by atoms with E-state index in [1.807, 2.05) is 0 Å². The minimum absolute atomic E-state index is 0.00158. The average molecular weight is 482 g/mol. The van der Waals surface area contributed by atoms with Crippen LogP contribution in [0.15, 0.2) is 41.5 Å². The predicted octanol–water partition coefficient (Wildman–Crippen LogP) is 3.68. The van der Waals surface area contributed by atoms with Crippen molar-refractivity contribution >= 4 is 29.1 Å². The number of carbonyl (C=O) groups is 3. The molecule has 0 aromatic heterocycles. The second-order valence-electron chi connectivity index (χ2n) is 7.51. The second-order valence-corrected chi connectivity index (χ2v) is 7.51. The van der Waals surface area contributed by atoms with Crippen molar-refractivity contribution in [1.29, 1.82) is 0 Å². The van der Waals surface area contributed by atoms with Crippen molar-refractivity contribution in [1.82, 2.24) is 10.3 Å². The standard InChI is InChI=1S/C22H19F5N4O3/c1-12-16(24)8-14(20(33)28-11-22(25,26)27)9-18(12)29-21(34)17-6-7-19(32)31(30-17)10-13-2-4-15(23)5-3-13/h2-5,8-9H,6-7,10-11H2,1H3,(H,28,33)(H,29,34). The molecule has 0 aliphatic carbocycles. The fourth-order valence-corrected chi connectivity index (χ4v) is 3.07. The van der Waals surface area contributed by atoms with Crippen LogP contribution in [0.1, 0.15) is 34.3 Å². The first kappa shape index (κ1) is 24.8. The van der Waals surface area contributed by atoms with Gasteiger partial charge in [0.25, 0.3) is 11.8 Å². The van der Waals surface area contributed by atoms with Crippen molar-refractivity contribution in [2.75, 3.05) is 11.9 Å². The number of alkyl halides is 3. The summed E-state index contributed by atoms with van der Waals surface area (Å²) in [6.07, 6.45) is -4.68. The van der Waals surface area contributed by atoms with Gasteiger partial charge in [-0.1, -0.05) is 12.1 Å². The van der Waals surface area contributed by atoms with Gasteiger partial charge in [0.05, 0.1) is 6.54 Å². The quantitative estimate of drug-likeness (QED) is 0.616. The van der Waals surface area contributed by atoms with Gasteiger partial charge in [-0.25, -0.2) is 13.8 Å². The summed E-state index contributed by atoms with van der Waals surface area (Å²) in [6.45, 7) is -0.286. The number of carbonyl (C=O) groups excluding carboxylic acids is 3. The molecule has 3 rings (SSSR count). The van der Waals surface area contributed by atoms with E-state index in [2.05, 4.69) is 10.4 Å². The van der Waals surface area contributed by atoms with Crippen molar-refractivity contribution in [2.24, 2.45) is 5.10 Å². The van der Waals surface area contributed by atoms with E-state index in [-0.39, 0.29) is 42.3 Å². The molecule has 0 unspecified atom stereocenters. The van der Waals surface area contributed by atoms with Crippen LogP contribution in [0, 0.1) is 18.6 Å². The topological polar surface area (TPSA) is 90.9 Å². The summed E-state index contributed by atoms with van der Waals surface area (Å²) in [5, 5.41) is 9.12. The van der Waals surface area contributed by atoms with Gasteiger partial charge in [-0.2, -0.15) is 18.3 Å². The molecule has 0 fully saturated rings. The van der Waals surface area contributed by atoms with Crippen LogP contribution in [-0.2, 0) is 16.1 Å². The van der Waals surface area contributed by atoms with Gasteiger partial charge in [0.15, 0.2) is 0 Å². The van der Waals surface area contributed by atoms with Crippen LogP contribution in [0.4, 0.5) is 27.6 Å². The molecule has 0 spiro atoms. The number of rotatable bonds is 6. The van der Waals surface area contributed by atoms with Gasteiger partial charge in [0.1, 0.15) is 23.9 Å². The lowest BCUT2D eigenvalue weighted by molar-refractivity contribution is -0.132. The maximum Gasteiger partial charge on any atom is 0.405 e. The van der Waals surface area contributed by atoms with Crippen molar-refractivity contribution in [3.05, 3.63) is 64.7 Å². The Morgan fingerprint density at radius 2 is 1.74 bits per heavy atom. The molecular weight excluding hydrogens is 463 g/mol. The van der Waals surface area contributed by atoms with E-state index >= 15 is 0 Å². The lowest BCUT2D eigenvalue weighted by Gasteiger charge is -2.23. The summed E-state index contributed by atoms with van der Waals surface area (Å²) < 4.78 is 64.4. The fourth-order valence-electron chi connectivity index (χ4n) is 3.07. The molecule has 2 aromatic rings. The smallest absolute Gasteiger partial charge is 0.343 e. The molecule has 1 aliphatic heterocycles. The Morgan fingerprint density at radius 1 is 1.06 bits per heavy atom. The number of hydrogen-bond acceptors (Lipinski definition) is 4. The molecule has 34 heavy (non-hydrogen) atoms. The number of halogens is 5. The van der Waals surface area contributed by atoms with Gasteiger partial charge in [-0.05, 0) is 36.8 Å². The summed E-state index contributed by atoms with van der Waals surface area (Å²) in [5.74, 6) is -3.65. The van der Waals surface area contributed by atoms with Crippen LogP contribution in [0.2, 0.25) is 0 Å². The highest BCUT2D eigenvalue weighted by molar-refractivity contribution is 6.43. The van der Waals surface area contributed by atoms with E-state index < -0.39 is 41.7 Å². The molecule has 0 bridgehead atoms. The molecule has 180 valence electrons. The Balaban J connectivity index is 1.77. The summed E-state index contributed by atoms with van der Waals surface area (Å²) in [4.78, 5) is 36.9. The van der Waals surface area contributed by atoms with Crippen LogP contribution in [-0.4, -0.2) is 41.2 Å². The Bertz CT molecular complexity index is 1150. The van der Waals surface area contributed by atoms with Crippen molar-refractivity contribution in [3.63, 3.8) is 0 Å². The molecule has 12 heteroatoms. The predicted molar refractivity (Wildman–Crippen MR) is 112 cm³/mol. The van der Waals surface area contributed by atoms with Crippen LogP contribution < -0.4 is 10.6 Å². The second kappa shape index (κ2) is 9.98. The van der Waals surface area contributed by atoms with Crippen LogP contribution >= 0.6 is 0 Å². The van der Waals surface area contributed by atoms with Gasteiger partial charge >= 0.3 is 6.18 Å². The van der Waals surface area contributed by atoms with Crippen LogP contribution in [0.25, 0.3) is 0 Å². The number of hydrogen-bond donors (Lipinski definition) is 2. The largest absolute Gasteiger partial charge is 0.405 e. The van der Waals surface area contributed by atoms with E-state index in [4.69, 9.17) is 0 Å². The first-order valence-corrected chi connectivity index (χ1v) is 10.0. The summed E-state index contributed by atoms with van der Waals surface area (Å²) in [6, 6.07) is 7.18. The normalized spacial score (nSPS) is 14.0. The lowest BCUT2D eigenvalue weighted by Crippen LogP contribution is -2.36. The van der Waals surface area contributed by atoms with Gasteiger partial charge < -0.3 is 10.6 Å². The van der Waals surface area contributed by atoms with Gasteiger partial charge in [0.2, 0.25) is 5.91 Å². The van der Waals surface area contributed by atoms with Crippen LogP contribution in [0.5, 0.6) is 0 Å². The number of benzene rings is 2. The number of nitrogens with one attached hydrogen (secondary N) is 2. The molecule has 7 nitrogen and oxygen atoms in total. The number of amides is 3. The SMILES string of the molecule is Cc1c(F)cc(C(=O)NCC(F)(F)F)cc1NC(=O)C1=NN(Cc2ccc(F)cc2)C(=O)CC1. The van der Waals surface area contributed by atoms with E-state index in [0.717, 1.165) is 17.1 Å².